The lowest BCUT2D eigenvalue weighted by Gasteiger charge is -2.50. The van der Waals surface area contributed by atoms with E-state index in [0.717, 1.165) is 59.2 Å². The van der Waals surface area contributed by atoms with Crippen LogP contribution >= 0.6 is 0 Å². The van der Waals surface area contributed by atoms with Crippen molar-refractivity contribution >= 4 is 0 Å². The molecular formula is C32H60. The number of hydrogen-bond donors (Lipinski definition) is 0. The first-order valence-corrected chi connectivity index (χ1v) is 15.4. The quantitative estimate of drug-likeness (QED) is 0.382. The fraction of sp³-hybridized carbons (Fsp3) is 1.00. The summed E-state index contributed by atoms with van der Waals surface area (Å²) >= 11 is 0. The zero-order valence-corrected chi connectivity index (χ0v) is 23.1. The van der Waals surface area contributed by atoms with Crippen LogP contribution in [0.15, 0.2) is 0 Å². The number of hydrogen-bond acceptors (Lipinski definition) is 0. The largest absolute Gasteiger partial charge is 0.0654 e. The van der Waals surface area contributed by atoms with Crippen molar-refractivity contribution in [2.45, 2.75) is 144 Å². The van der Waals surface area contributed by atoms with Crippen LogP contribution in [-0.4, -0.2) is 0 Å². The average molecular weight is 445 g/mol. The van der Waals surface area contributed by atoms with Crippen LogP contribution in [0.1, 0.15) is 144 Å². The summed E-state index contributed by atoms with van der Waals surface area (Å²) < 4.78 is 0. The van der Waals surface area contributed by atoms with Gasteiger partial charge in [0.2, 0.25) is 0 Å². The Bertz CT molecular complexity index is 490. The first-order chi connectivity index (χ1) is 15.4. The summed E-state index contributed by atoms with van der Waals surface area (Å²) in [6, 6.07) is 0. The SMILES string of the molecule is CCC1CCC(C)CC1.CCCCC1C(C)CC2CCCC2C1C1CCC(C(C)C)CC1. The van der Waals surface area contributed by atoms with Crippen LogP contribution in [0.4, 0.5) is 0 Å². The predicted molar refractivity (Wildman–Crippen MR) is 143 cm³/mol. The van der Waals surface area contributed by atoms with Gasteiger partial charge in [0.1, 0.15) is 0 Å². The zero-order valence-electron chi connectivity index (χ0n) is 23.1. The summed E-state index contributed by atoms with van der Waals surface area (Å²) in [5, 5.41) is 0. The van der Waals surface area contributed by atoms with E-state index in [9.17, 15) is 0 Å². The van der Waals surface area contributed by atoms with Gasteiger partial charge in [-0.1, -0.05) is 99.3 Å². The lowest BCUT2D eigenvalue weighted by atomic mass is 9.56. The highest BCUT2D eigenvalue weighted by molar-refractivity contribution is 4.97. The Kier molecular flexibility index (Phi) is 11.0. The second-order valence-electron chi connectivity index (χ2n) is 13.4. The Morgan fingerprint density at radius 1 is 0.750 bits per heavy atom. The van der Waals surface area contributed by atoms with Gasteiger partial charge in [0.15, 0.2) is 0 Å². The highest BCUT2D eigenvalue weighted by atomic mass is 14.5. The van der Waals surface area contributed by atoms with Crippen molar-refractivity contribution in [1.82, 2.24) is 0 Å². The van der Waals surface area contributed by atoms with Gasteiger partial charge in [-0.2, -0.15) is 0 Å². The summed E-state index contributed by atoms with van der Waals surface area (Å²) in [5.74, 6) is 10.5. The molecule has 0 aromatic carbocycles. The summed E-state index contributed by atoms with van der Waals surface area (Å²) in [6.07, 6.45) is 24.2. The molecule has 0 aromatic heterocycles. The average Bonchev–Trinajstić information content (AvgIpc) is 3.26. The van der Waals surface area contributed by atoms with Gasteiger partial charge in [-0.05, 0) is 104 Å². The Labute approximate surface area is 203 Å². The fourth-order valence-electron chi connectivity index (χ4n) is 8.76. The van der Waals surface area contributed by atoms with Crippen LogP contribution < -0.4 is 0 Å². The molecule has 5 atom stereocenters. The van der Waals surface area contributed by atoms with Crippen molar-refractivity contribution in [1.29, 1.82) is 0 Å². The van der Waals surface area contributed by atoms with E-state index in [1.807, 2.05) is 0 Å². The van der Waals surface area contributed by atoms with Gasteiger partial charge in [0.25, 0.3) is 0 Å². The van der Waals surface area contributed by atoms with E-state index in [4.69, 9.17) is 0 Å². The molecule has 0 bridgehead atoms. The highest BCUT2D eigenvalue weighted by Crippen LogP contribution is 2.56. The van der Waals surface area contributed by atoms with Crippen molar-refractivity contribution in [2.24, 2.45) is 59.2 Å². The van der Waals surface area contributed by atoms with E-state index >= 15 is 0 Å². The molecule has 0 aliphatic heterocycles. The maximum Gasteiger partial charge on any atom is -0.0324 e. The van der Waals surface area contributed by atoms with Gasteiger partial charge in [-0.15, -0.1) is 0 Å². The molecule has 32 heavy (non-hydrogen) atoms. The van der Waals surface area contributed by atoms with Gasteiger partial charge in [-0.3, -0.25) is 0 Å². The second kappa shape index (κ2) is 13.2. The molecule has 0 heteroatoms. The maximum atomic E-state index is 2.61. The summed E-state index contributed by atoms with van der Waals surface area (Å²) in [6.45, 7) is 14.6. The van der Waals surface area contributed by atoms with E-state index < -0.39 is 0 Å². The molecule has 0 N–H and O–H groups in total. The van der Waals surface area contributed by atoms with Gasteiger partial charge in [-0.25, -0.2) is 0 Å². The molecule has 0 radical (unpaired) electrons. The number of unbranched alkanes of at least 4 members (excludes halogenated alkanes) is 1. The Hall–Kier alpha value is 0. The molecule has 0 nitrogen and oxygen atoms in total. The zero-order chi connectivity index (χ0) is 23.1. The van der Waals surface area contributed by atoms with Gasteiger partial charge < -0.3 is 0 Å². The van der Waals surface area contributed by atoms with Crippen molar-refractivity contribution < 1.29 is 0 Å². The Morgan fingerprint density at radius 2 is 1.44 bits per heavy atom. The van der Waals surface area contributed by atoms with Gasteiger partial charge in [0, 0.05) is 0 Å². The maximum absolute atomic E-state index is 2.61. The van der Waals surface area contributed by atoms with Crippen LogP contribution in [0.25, 0.3) is 0 Å². The van der Waals surface area contributed by atoms with Crippen molar-refractivity contribution in [3.63, 3.8) is 0 Å². The molecule has 188 valence electrons. The van der Waals surface area contributed by atoms with E-state index in [1.54, 1.807) is 38.5 Å². The molecule has 0 aromatic rings. The van der Waals surface area contributed by atoms with E-state index in [0.29, 0.717) is 0 Å². The molecule has 4 aliphatic carbocycles. The summed E-state index contributed by atoms with van der Waals surface area (Å²) in [7, 11) is 0. The molecular weight excluding hydrogens is 384 g/mol. The minimum Gasteiger partial charge on any atom is -0.0654 e. The third-order valence-electron chi connectivity index (χ3n) is 11.0. The van der Waals surface area contributed by atoms with Crippen LogP contribution in [-0.2, 0) is 0 Å². The fourth-order valence-corrected chi connectivity index (χ4v) is 8.76. The first-order valence-electron chi connectivity index (χ1n) is 15.4. The number of fused-ring (bicyclic) bond motifs is 1. The molecule has 0 spiro atoms. The molecule has 0 saturated heterocycles. The third kappa shape index (κ3) is 7.01. The van der Waals surface area contributed by atoms with Crippen molar-refractivity contribution in [3.8, 4) is 0 Å². The van der Waals surface area contributed by atoms with Crippen molar-refractivity contribution in [3.05, 3.63) is 0 Å². The van der Waals surface area contributed by atoms with Gasteiger partial charge in [0.05, 0.1) is 0 Å². The van der Waals surface area contributed by atoms with Gasteiger partial charge >= 0.3 is 0 Å². The Balaban J connectivity index is 0.000000269. The third-order valence-corrected chi connectivity index (χ3v) is 11.0. The smallest absolute Gasteiger partial charge is 0.0324 e. The topological polar surface area (TPSA) is 0 Å². The highest BCUT2D eigenvalue weighted by Gasteiger charge is 2.47. The Morgan fingerprint density at radius 3 is 2.03 bits per heavy atom. The first kappa shape index (κ1) is 26.6. The minimum absolute atomic E-state index is 0.913. The van der Waals surface area contributed by atoms with Crippen molar-refractivity contribution in [2.75, 3.05) is 0 Å². The van der Waals surface area contributed by atoms with E-state index in [2.05, 4.69) is 41.5 Å². The van der Waals surface area contributed by atoms with Crippen LogP contribution in [0.3, 0.4) is 0 Å². The molecule has 0 heterocycles. The molecule has 4 aliphatic rings. The molecule has 5 unspecified atom stereocenters. The molecule has 4 rings (SSSR count). The number of rotatable bonds is 6. The second-order valence-corrected chi connectivity index (χ2v) is 13.4. The van der Waals surface area contributed by atoms with Crippen LogP contribution in [0, 0.1) is 59.2 Å². The van der Waals surface area contributed by atoms with E-state index in [-0.39, 0.29) is 0 Å². The standard InChI is InChI=1S/C23H42.C9H18/c1-5-6-9-21-17(4)15-20-8-7-10-22(20)23(21)19-13-11-18(12-14-19)16(2)3;1-3-9-6-4-8(2)5-7-9/h16-23H,5-15H2,1-4H3;8-9H,3-7H2,1-2H3. The van der Waals surface area contributed by atoms with Crippen LogP contribution in [0.5, 0.6) is 0 Å². The lowest BCUT2D eigenvalue weighted by Crippen LogP contribution is -2.42. The molecule has 0 amide bonds. The molecule has 4 saturated carbocycles. The summed E-state index contributed by atoms with van der Waals surface area (Å²) in [4.78, 5) is 0. The minimum atomic E-state index is 0.913. The predicted octanol–water partition coefficient (Wildman–Crippen LogP) is 10.6. The van der Waals surface area contributed by atoms with Crippen LogP contribution in [0.2, 0.25) is 0 Å². The van der Waals surface area contributed by atoms with E-state index in [1.165, 1.54) is 64.2 Å². The monoisotopic (exact) mass is 444 g/mol. The summed E-state index contributed by atoms with van der Waals surface area (Å²) in [5.41, 5.74) is 0. The lowest BCUT2D eigenvalue weighted by molar-refractivity contribution is -0.00486. The normalized spacial score (nSPS) is 42.3. The molecule has 4 fully saturated rings.